The van der Waals surface area contributed by atoms with Crippen LogP contribution in [0, 0.1) is 11.3 Å². The Morgan fingerprint density at radius 1 is 1.12 bits per heavy atom. The summed E-state index contributed by atoms with van der Waals surface area (Å²) in [4.78, 5) is 10.1. The van der Waals surface area contributed by atoms with Crippen LogP contribution in [0.1, 0.15) is 24.1 Å². The van der Waals surface area contributed by atoms with E-state index in [4.69, 9.17) is 4.74 Å². The number of ether oxygens (including phenoxy) is 1. The minimum absolute atomic E-state index is 0.286. The molecule has 0 saturated carbocycles. The number of pyridine rings is 1. The van der Waals surface area contributed by atoms with Crippen molar-refractivity contribution in [3.05, 3.63) is 29.5 Å². The lowest BCUT2D eigenvalue weighted by Crippen LogP contribution is -2.63. The van der Waals surface area contributed by atoms with E-state index in [1.165, 1.54) is 0 Å². The lowest BCUT2D eigenvalue weighted by molar-refractivity contribution is -0.141. The predicted octanol–water partition coefficient (Wildman–Crippen LogP) is 1.99. The second-order valence-electron chi connectivity index (χ2n) is 8.94. The number of halogens is 3. The number of nitrogens with one attached hydrogen (secondary N) is 1. The molecule has 4 aliphatic heterocycles. The fraction of sp³-hybridized carbons (Fsp3) is 0.636. The van der Waals surface area contributed by atoms with Crippen LogP contribution < -0.4 is 15.1 Å². The van der Waals surface area contributed by atoms with Gasteiger partial charge in [-0.1, -0.05) is 12.2 Å². The minimum Gasteiger partial charge on any atom is -0.367 e. The van der Waals surface area contributed by atoms with Crippen molar-refractivity contribution in [2.24, 2.45) is 0 Å². The van der Waals surface area contributed by atoms with E-state index in [1.807, 2.05) is 15.9 Å². The Labute approximate surface area is 185 Å². The van der Waals surface area contributed by atoms with E-state index in [0.717, 1.165) is 26.2 Å². The number of piperidine rings is 1. The third-order valence-corrected chi connectivity index (χ3v) is 7.06. The monoisotopic (exact) mass is 448 g/mol. The largest absolute Gasteiger partial charge is 0.434 e. The first-order valence-corrected chi connectivity index (χ1v) is 11.2. The highest BCUT2D eigenvalue weighted by molar-refractivity contribution is 5.68. The predicted molar refractivity (Wildman–Crippen MR) is 114 cm³/mol. The van der Waals surface area contributed by atoms with Gasteiger partial charge in [0.1, 0.15) is 17.5 Å². The van der Waals surface area contributed by atoms with Crippen molar-refractivity contribution >= 4 is 11.5 Å². The number of aromatic nitrogens is 1. The molecular formula is C22H27F3N6O. The van der Waals surface area contributed by atoms with Crippen LogP contribution in [0.2, 0.25) is 0 Å². The average molecular weight is 448 g/mol. The van der Waals surface area contributed by atoms with Crippen molar-refractivity contribution in [3.8, 4) is 6.07 Å². The molecule has 1 aromatic rings. The standard InChI is InChI=1S/C22H27F3N6O/c23-22(24,25)20-17(13-26)18(31-14-16(15-31)29-9-5-27-6-10-29)12-19(28-20)30-7-3-21(4-8-30)2-1-11-32-21/h1-2,12,16,27H,3-11,14-15H2. The topological polar surface area (TPSA) is 67.7 Å². The van der Waals surface area contributed by atoms with E-state index in [0.29, 0.717) is 57.4 Å². The summed E-state index contributed by atoms with van der Waals surface area (Å²) in [5.74, 6) is 0.286. The van der Waals surface area contributed by atoms with Crippen LogP contribution in [0.15, 0.2) is 18.2 Å². The fourth-order valence-electron chi connectivity index (χ4n) is 5.13. The molecule has 0 bridgehead atoms. The number of nitriles is 1. The molecule has 4 aliphatic rings. The number of rotatable bonds is 3. The summed E-state index contributed by atoms with van der Waals surface area (Å²) in [6.07, 6.45) is 0.786. The maximum Gasteiger partial charge on any atom is 0.434 e. The first-order chi connectivity index (χ1) is 15.4. The van der Waals surface area contributed by atoms with Crippen LogP contribution >= 0.6 is 0 Å². The summed E-state index contributed by atoms with van der Waals surface area (Å²) in [5, 5.41) is 12.9. The van der Waals surface area contributed by atoms with E-state index in [2.05, 4.69) is 21.3 Å². The lowest BCUT2D eigenvalue weighted by atomic mass is 9.91. The molecule has 1 spiro atoms. The molecule has 3 fully saturated rings. The third-order valence-electron chi connectivity index (χ3n) is 7.06. The maximum absolute atomic E-state index is 13.9. The molecule has 5 rings (SSSR count). The highest BCUT2D eigenvalue weighted by Gasteiger charge is 2.42. The second-order valence-corrected chi connectivity index (χ2v) is 8.94. The normalized spacial score (nSPS) is 24.1. The summed E-state index contributed by atoms with van der Waals surface area (Å²) < 4.78 is 47.4. The molecule has 5 heterocycles. The van der Waals surface area contributed by atoms with Gasteiger partial charge < -0.3 is 19.9 Å². The Bertz CT molecular complexity index is 923. The molecule has 0 unspecified atom stereocenters. The molecule has 7 nitrogen and oxygen atoms in total. The molecule has 172 valence electrons. The van der Waals surface area contributed by atoms with Crippen molar-refractivity contribution < 1.29 is 17.9 Å². The van der Waals surface area contributed by atoms with Gasteiger partial charge in [-0.05, 0) is 12.8 Å². The first-order valence-electron chi connectivity index (χ1n) is 11.2. The molecule has 32 heavy (non-hydrogen) atoms. The van der Waals surface area contributed by atoms with Crippen molar-refractivity contribution in [2.75, 3.05) is 68.8 Å². The Morgan fingerprint density at radius 3 is 2.44 bits per heavy atom. The molecule has 0 aromatic carbocycles. The van der Waals surface area contributed by atoms with Gasteiger partial charge in [0, 0.05) is 64.5 Å². The molecule has 1 aromatic heterocycles. The van der Waals surface area contributed by atoms with E-state index in [1.54, 1.807) is 12.1 Å². The molecule has 0 amide bonds. The van der Waals surface area contributed by atoms with Gasteiger partial charge in [0.05, 0.1) is 17.9 Å². The second kappa shape index (κ2) is 8.21. The van der Waals surface area contributed by atoms with E-state index >= 15 is 0 Å². The van der Waals surface area contributed by atoms with Crippen molar-refractivity contribution in [3.63, 3.8) is 0 Å². The van der Waals surface area contributed by atoms with Crippen LogP contribution in [0.3, 0.4) is 0 Å². The zero-order valence-corrected chi connectivity index (χ0v) is 17.9. The Morgan fingerprint density at radius 2 is 1.84 bits per heavy atom. The highest BCUT2D eigenvalue weighted by atomic mass is 19.4. The first kappa shape index (κ1) is 21.5. The van der Waals surface area contributed by atoms with Crippen LogP contribution in [0.5, 0.6) is 0 Å². The van der Waals surface area contributed by atoms with Gasteiger partial charge in [0.25, 0.3) is 0 Å². The molecule has 0 atom stereocenters. The quantitative estimate of drug-likeness (QED) is 0.710. The highest BCUT2D eigenvalue weighted by Crippen LogP contribution is 2.40. The lowest BCUT2D eigenvalue weighted by Gasteiger charge is -2.48. The molecule has 0 radical (unpaired) electrons. The van der Waals surface area contributed by atoms with Crippen LogP contribution in [-0.4, -0.2) is 80.5 Å². The van der Waals surface area contributed by atoms with Crippen molar-refractivity contribution in [1.29, 1.82) is 5.26 Å². The Kier molecular flexibility index (Phi) is 5.51. The zero-order chi connectivity index (χ0) is 22.3. The van der Waals surface area contributed by atoms with Gasteiger partial charge in [0.2, 0.25) is 0 Å². The maximum atomic E-state index is 13.9. The van der Waals surface area contributed by atoms with E-state index < -0.39 is 11.9 Å². The zero-order valence-electron chi connectivity index (χ0n) is 17.9. The van der Waals surface area contributed by atoms with Gasteiger partial charge in [-0.25, -0.2) is 4.98 Å². The van der Waals surface area contributed by atoms with Gasteiger partial charge in [-0.2, -0.15) is 18.4 Å². The van der Waals surface area contributed by atoms with Crippen molar-refractivity contribution in [2.45, 2.75) is 30.7 Å². The van der Waals surface area contributed by atoms with Crippen LogP contribution in [0.4, 0.5) is 24.7 Å². The molecule has 1 N–H and O–H groups in total. The number of alkyl halides is 3. The Balaban J connectivity index is 1.40. The SMILES string of the molecule is N#Cc1c(N2CC(N3CCNCC3)C2)cc(N2CCC3(C=CCO3)CC2)nc1C(F)(F)F. The van der Waals surface area contributed by atoms with Gasteiger partial charge in [-0.15, -0.1) is 0 Å². The van der Waals surface area contributed by atoms with E-state index in [-0.39, 0.29) is 17.0 Å². The van der Waals surface area contributed by atoms with Gasteiger partial charge >= 0.3 is 6.18 Å². The summed E-state index contributed by atoms with van der Waals surface area (Å²) >= 11 is 0. The number of piperazine rings is 1. The van der Waals surface area contributed by atoms with Crippen LogP contribution in [-0.2, 0) is 10.9 Å². The molecular weight excluding hydrogens is 421 g/mol. The molecule has 10 heteroatoms. The summed E-state index contributed by atoms with van der Waals surface area (Å²) in [5.41, 5.74) is -1.42. The molecule has 0 aliphatic carbocycles. The molecule has 3 saturated heterocycles. The average Bonchev–Trinajstić information content (AvgIpc) is 3.21. The smallest absolute Gasteiger partial charge is 0.367 e. The van der Waals surface area contributed by atoms with E-state index in [9.17, 15) is 18.4 Å². The fourth-order valence-corrected chi connectivity index (χ4v) is 5.13. The Hall–Kier alpha value is -2.35. The number of hydrogen-bond donors (Lipinski definition) is 1. The third kappa shape index (κ3) is 3.93. The van der Waals surface area contributed by atoms with Crippen LogP contribution in [0.25, 0.3) is 0 Å². The summed E-state index contributed by atoms with van der Waals surface area (Å²) in [6, 6.07) is 3.76. The summed E-state index contributed by atoms with van der Waals surface area (Å²) in [7, 11) is 0. The summed E-state index contributed by atoms with van der Waals surface area (Å²) in [6.45, 7) is 6.66. The number of nitrogens with zero attached hydrogens (tertiary/aromatic N) is 5. The van der Waals surface area contributed by atoms with Crippen molar-refractivity contribution in [1.82, 2.24) is 15.2 Å². The van der Waals surface area contributed by atoms with Gasteiger partial charge in [0.15, 0.2) is 5.69 Å². The minimum atomic E-state index is -4.69. The number of anilines is 2. The number of hydrogen-bond acceptors (Lipinski definition) is 7. The van der Waals surface area contributed by atoms with Gasteiger partial charge in [-0.3, -0.25) is 4.90 Å².